The van der Waals surface area contributed by atoms with Gasteiger partial charge in [-0.15, -0.1) is 0 Å². The van der Waals surface area contributed by atoms with E-state index in [4.69, 9.17) is 4.11 Å². The fourth-order valence-corrected chi connectivity index (χ4v) is 4.82. The number of rotatable bonds is 26. The second-order valence-corrected chi connectivity index (χ2v) is 10.2. The lowest BCUT2D eigenvalue weighted by molar-refractivity contribution is -0.141. The van der Waals surface area contributed by atoms with Crippen molar-refractivity contribution in [2.75, 3.05) is 7.04 Å². The molecule has 0 bridgehead atoms. The zero-order chi connectivity index (χ0) is 26.0. The Labute approximate surface area is 207 Å². The van der Waals surface area contributed by atoms with Gasteiger partial charge in [-0.05, 0) is 18.8 Å². The molecule has 2 nitrogen and oxygen atoms in total. The Bertz CT molecular complexity index is 425. The molecule has 0 aromatic rings. The van der Waals surface area contributed by atoms with E-state index < -0.39 is 13.0 Å². The fraction of sp³-hybridized carbons (Fsp3) is 0.967. The van der Waals surface area contributed by atoms with Gasteiger partial charge >= 0.3 is 5.97 Å². The predicted molar refractivity (Wildman–Crippen MR) is 142 cm³/mol. The highest BCUT2D eigenvalue weighted by Crippen LogP contribution is 2.23. The lowest BCUT2D eigenvalue weighted by Gasteiger charge is -2.15. The molecule has 0 heterocycles. The van der Waals surface area contributed by atoms with E-state index in [1.165, 1.54) is 128 Å². The number of carbonyl (C=O) groups is 1. The van der Waals surface area contributed by atoms with Gasteiger partial charge in [0.1, 0.15) is 0 Å². The Morgan fingerprint density at radius 3 is 1.19 bits per heavy atom. The number of hydrogen-bond acceptors (Lipinski definition) is 2. The van der Waals surface area contributed by atoms with Crippen LogP contribution < -0.4 is 0 Å². The highest BCUT2D eigenvalue weighted by Gasteiger charge is 2.14. The summed E-state index contributed by atoms with van der Waals surface area (Å²) < 4.78 is 26.2. The summed E-state index contributed by atoms with van der Waals surface area (Å²) >= 11 is 0. The zero-order valence-corrected chi connectivity index (χ0v) is 22.1. The van der Waals surface area contributed by atoms with Crippen molar-refractivity contribution in [2.45, 2.75) is 174 Å². The molecule has 0 spiro atoms. The van der Waals surface area contributed by atoms with Gasteiger partial charge < -0.3 is 4.74 Å². The summed E-state index contributed by atoms with van der Waals surface area (Å²) in [5.74, 6) is -0.289. The summed E-state index contributed by atoms with van der Waals surface area (Å²) in [4.78, 5) is 12.1. The monoisotopic (exact) mass is 455 g/mol. The molecule has 0 rings (SSSR count). The van der Waals surface area contributed by atoms with Gasteiger partial charge in [0, 0.05) is 6.42 Å². The van der Waals surface area contributed by atoms with Crippen LogP contribution in [0.3, 0.4) is 0 Å². The van der Waals surface area contributed by atoms with Gasteiger partial charge in [0.2, 0.25) is 0 Å². The molecule has 0 saturated heterocycles. The molecule has 0 unspecified atom stereocenters. The molecule has 0 N–H and O–H groups in total. The maximum atomic E-state index is 12.1. The van der Waals surface area contributed by atoms with Crippen molar-refractivity contribution >= 4 is 5.97 Å². The van der Waals surface area contributed by atoms with Crippen molar-refractivity contribution in [3.05, 3.63) is 0 Å². The molecule has 32 heavy (non-hydrogen) atoms. The lowest BCUT2D eigenvalue weighted by Crippen LogP contribution is -2.10. The average Bonchev–Trinajstić information content (AvgIpc) is 2.79. The van der Waals surface area contributed by atoms with Gasteiger partial charge in [-0.2, -0.15) is 0 Å². The largest absolute Gasteiger partial charge is 0.469 e. The Morgan fingerprint density at radius 2 is 0.875 bits per heavy atom. The molecule has 0 aliphatic carbocycles. The van der Waals surface area contributed by atoms with Crippen molar-refractivity contribution in [1.82, 2.24) is 0 Å². The summed E-state index contributed by atoms with van der Waals surface area (Å²) in [7, 11) is -2.62. The molecular formula is C30H60O2. The fourth-order valence-electron chi connectivity index (χ4n) is 4.82. The van der Waals surface area contributed by atoms with Gasteiger partial charge in [-0.3, -0.25) is 4.79 Å². The van der Waals surface area contributed by atoms with Crippen LogP contribution in [0, 0.1) is 5.92 Å². The maximum Gasteiger partial charge on any atom is 0.305 e. The second-order valence-electron chi connectivity index (χ2n) is 10.2. The molecule has 192 valence electrons. The smallest absolute Gasteiger partial charge is 0.305 e. The summed E-state index contributed by atoms with van der Waals surface area (Å²) in [6, 6.07) is 0. The SMILES string of the molecule is [2H]C([2H])([2H])OC(=O)CC(CCCCCCCCCCCCC)CCCCCCCCCCCCC. The molecule has 0 aromatic carbocycles. The molecule has 2 heteroatoms. The molecule has 0 aliphatic rings. The maximum absolute atomic E-state index is 12.1. The normalized spacial score (nSPS) is 13.2. The number of ether oxygens (including phenoxy) is 1. The number of unbranched alkanes of at least 4 members (excludes halogenated alkanes) is 20. The van der Waals surface area contributed by atoms with E-state index in [2.05, 4.69) is 18.6 Å². The van der Waals surface area contributed by atoms with Crippen LogP contribution in [0.4, 0.5) is 0 Å². The van der Waals surface area contributed by atoms with E-state index in [9.17, 15) is 4.79 Å². The second kappa shape index (κ2) is 26.7. The molecular weight excluding hydrogens is 392 g/mol. The quantitative estimate of drug-likeness (QED) is 0.0957. The van der Waals surface area contributed by atoms with Crippen LogP contribution in [0.2, 0.25) is 0 Å². The first-order valence-electron chi connectivity index (χ1n) is 16.1. The van der Waals surface area contributed by atoms with Crippen molar-refractivity contribution in [3.8, 4) is 0 Å². The van der Waals surface area contributed by atoms with Gasteiger partial charge in [0.05, 0.1) is 11.2 Å². The van der Waals surface area contributed by atoms with Gasteiger partial charge in [-0.1, -0.05) is 155 Å². The van der Waals surface area contributed by atoms with Crippen molar-refractivity contribution in [3.63, 3.8) is 0 Å². The van der Waals surface area contributed by atoms with E-state index >= 15 is 0 Å². The van der Waals surface area contributed by atoms with Crippen LogP contribution in [0.1, 0.15) is 178 Å². The first-order valence-corrected chi connectivity index (χ1v) is 14.6. The standard InChI is InChI=1S/C30H60O2/c1-4-6-8-10-12-14-16-18-20-22-24-26-29(28-30(31)32-3)27-25-23-21-19-17-15-13-11-9-7-5-2/h29H,4-28H2,1-3H3/i3D3. The molecule has 0 amide bonds. The first kappa shape index (κ1) is 26.1. The van der Waals surface area contributed by atoms with Crippen molar-refractivity contribution < 1.29 is 13.6 Å². The highest BCUT2D eigenvalue weighted by atomic mass is 16.5. The third-order valence-corrected chi connectivity index (χ3v) is 7.00. The van der Waals surface area contributed by atoms with E-state index in [0.717, 1.165) is 25.7 Å². The van der Waals surface area contributed by atoms with Gasteiger partial charge in [0.15, 0.2) is 0 Å². The predicted octanol–water partition coefficient (Wildman–Crippen LogP) is 10.6. The number of carbonyl (C=O) groups excluding carboxylic acids is 1. The zero-order valence-electron chi connectivity index (χ0n) is 25.1. The summed E-state index contributed by atoms with van der Waals surface area (Å²) in [5.41, 5.74) is 0. The minimum absolute atomic E-state index is 0.258. The average molecular weight is 456 g/mol. The minimum atomic E-state index is -2.62. The summed E-state index contributed by atoms with van der Waals surface area (Å²) in [5, 5.41) is 0. The molecule has 0 atom stereocenters. The van der Waals surface area contributed by atoms with E-state index in [1.54, 1.807) is 0 Å². The van der Waals surface area contributed by atoms with Crippen LogP contribution in [-0.4, -0.2) is 13.0 Å². The van der Waals surface area contributed by atoms with Gasteiger partial charge in [-0.25, -0.2) is 0 Å². The van der Waals surface area contributed by atoms with E-state index in [-0.39, 0.29) is 12.3 Å². The third-order valence-electron chi connectivity index (χ3n) is 7.00. The topological polar surface area (TPSA) is 26.3 Å². The summed E-state index contributed by atoms with van der Waals surface area (Å²) in [6.45, 7) is 4.53. The summed E-state index contributed by atoms with van der Waals surface area (Å²) in [6.07, 6.45) is 31.3. The van der Waals surface area contributed by atoms with Crippen molar-refractivity contribution in [1.29, 1.82) is 0 Å². The minimum Gasteiger partial charge on any atom is -0.469 e. The molecule has 0 aromatic heterocycles. The Kier molecular flexibility index (Phi) is 21.8. The van der Waals surface area contributed by atoms with Crippen molar-refractivity contribution in [2.24, 2.45) is 5.92 Å². The first-order chi connectivity index (χ1) is 16.9. The Morgan fingerprint density at radius 1 is 0.562 bits per heavy atom. The number of hydrogen-bond donors (Lipinski definition) is 0. The van der Waals surface area contributed by atoms with Gasteiger partial charge in [0.25, 0.3) is 0 Å². The van der Waals surface area contributed by atoms with E-state index in [0.29, 0.717) is 0 Å². The Hall–Kier alpha value is -0.530. The third kappa shape index (κ3) is 24.1. The molecule has 0 radical (unpaired) electrons. The molecule has 0 saturated carbocycles. The van der Waals surface area contributed by atoms with Crippen LogP contribution in [-0.2, 0) is 9.53 Å². The van der Waals surface area contributed by atoms with E-state index in [1.807, 2.05) is 0 Å². The van der Waals surface area contributed by atoms with Crippen LogP contribution in [0.5, 0.6) is 0 Å². The van der Waals surface area contributed by atoms with Crippen LogP contribution in [0.15, 0.2) is 0 Å². The highest BCUT2D eigenvalue weighted by molar-refractivity contribution is 5.69. The van der Waals surface area contributed by atoms with Crippen LogP contribution >= 0.6 is 0 Å². The molecule has 0 fully saturated rings. The number of methoxy groups -OCH3 is 1. The molecule has 0 aliphatic heterocycles. The number of esters is 1. The van der Waals surface area contributed by atoms with Crippen LogP contribution in [0.25, 0.3) is 0 Å². The Balaban J connectivity index is 3.96. The lowest BCUT2D eigenvalue weighted by atomic mass is 9.91.